The van der Waals surface area contributed by atoms with E-state index in [1.807, 2.05) is 0 Å². The summed E-state index contributed by atoms with van der Waals surface area (Å²) < 4.78 is 13.5. The fourth-order valence-corrected chi connectivity index (χ4v) is 2.81. The first-order valence-electron chi connectivity index (χ1n) is 7.37. The molecule has 1 aliphatic heterocycles. The van der Waals surface area contributed by atoms with Gasteiger partial charge in [0.05, 0.1) is 4.92 Å². The molecule has 1 saturated heterocycles. The van der Waals surface area contributed by atoms with Crippen LogP contribution >= 0.6 is 0 Å². The summed E-state index contributed by atoms with van der Waals surface area (Å²) in [5, 5.41) is 14.2. The summed E-state index contributed by atoms with van der Waals surface area (Å²) in [5.74, 6) is -0.304. The SMILES string of the molecule is CC(C)C[C@H](c1ccc(F)c([N+](=O)[O-])c1)N1CCNCC1. The Hall–Kier alpha value is -1.53. The molecule has 21 heavy (non-hydrogen) atoms. The highest BCUT2D eigenvalue weighted by Crippen LogP contribution is 2.31. The van der Waals surface area contributed by atoms with Gasteiger partial charge in [-0.2, -0.15) is 4.39 Å². The molecule has 1 fully saturated rings. The molecule has 1 aromatic rings. The van der Waals surface area contributed by atoms with E-state index in [-0.39, 0.29) is 6.04 Å². The minimum atomic E-state index is -0.771. The van der Waals surface area contributed by atoms with Crippen molar-refractivity contribution in [2.24, 2.45) is 5.92 Å². The average Bonchev–Trinajstić information content (AvgIpc) is 2.46. The highest BCUT2D eigenvalue weighted by Gasteiger charge is 2.25. The molecule has 0 saturated carbocycles. The maximum absolute atomic E-state index is 13.5. The van der Waals surface area contributed by atoms with Crippen molar-refractivity contribution in [3.8, 4) is 0 Å². The third-order valence-corrected chi connectivity index (χ3v) is 3.84. The van der Waals surface area contributed by atoms with Crippen molar-refractivity contribution >= 4 is 5.69 Å². The first-order chi connectivity index (χ1) is 9.99. The summed E-state index contributed by atoms with van der Waals surface area (Å²) in [7, 11) is 0. The second-order valence-corrected chi connectivity index (χ2v) is 5.90. The van der Waals surface area contributed by atoms with Gasteiger partial charge in [-0.3, -0.25) is 15.0 Å². The van der Waals surface area contributed by atoms with E-state index in [4.69, 9.17) is 0 Å². The molecule has 1 aliphatic rings. The van der Waals surface area contributed by atoms with Crippen LogP contribution in [0.4, 0.5) is 10.1 Å². The van der Waals surface area contributed by atoms with Gasteiger partial charge in [-0.05, 0) is 24.0 Å². The summed E-state index contributed by atoms with van der Waals surface area (Å²) in [6, 6.07) is 4.39. The van der Waals surface area contributed by atoms with Gasteiger partial charge in [0.2, 0.25) is 5.82 Å². The fourth-order valence-electron chi connectivity index (χ4n) is 2.81. The number of nitro groups is 1. The molecule has 0 aliphatic carbocycles. The highest BCUT2D eigenvalue weighted by molar-refractivity contribution is 5.37. The predicted octanol–water partition coefficient (Wildman–Crippen LogP) is 2.73. The van der Waals surface area contributed by atoms with Crippen LogP contribution in [0.5, 0.6) is 0 Å². The van der Waals surface area contributed by atoms with E-state index in [1.165, 1.54) is 12.1 Å². The van der Waals surface area contributed by atoms with Crippen molar-refractivity contribution in [2.45, 2.75) is 26.3 Å². The minimum Gasteiger partial charge on any atom is -0.314 e. The van der Waals surface area contributed by atoms with Crippen molar-refractivity contribution in [1.82, 2.24) is 10.2 Å². The standard InChI is InChI=1S/C15H22FN3O2/c1-11(2)9-14(18-7-5-17-6-8-18)12-3-4-13(16)15(10-12)19(20)21/h3-4,10-11,14,17H,5-9H2,1-2H3/t14-/m1/s1. The van der Waals surface area contributed by atoms with Crippen LogP contribution in [0.15, 0.2) is 18.2 Å². The van der Waals surface area contributed by atoms with Crippen molar-refractivity contribution in [2.75, 3.05) is 26.2 Å². The van der Waals surface area contributed by atoms with Gasteiger partial charge in [0.15, 0.2) is 0 Å². The summed E-state index contributed by atoms with van der Waals surface area (Å²) in [6.07, 6.45) is 0.906. The smallest absolute Gasteiger partial charge is 0.305 e. The maximum atomic E-state index is 13.5. The Morgan fingerprint density at radius 2 is 2.05 bits per heavy atom. The lowest BCUT2D eigenvalue weighted by Gasteiger charge is -2.36. The van der Waals surface area contributed by atoms with E-state index < -0.39 is 16.4 Å². The van der Waals surface area contributed by atoms with Crippen LogP contribution in [0.25, 0.3) is 0 Å². The molecular formula is C15H22FN3O2. The molecule has 1 aromatic carbocycles. The Morgan fingerprint density at radius 1 is 1.38 bits per heavy atom. The zero-order chi connectivity index (χ0) is 15.4. The van der Waals surface area contributed by atoms with Gasteiger partial charge in [-0.15, -0.1) is 0 Å². The third-order valence-electron chi connectivity index (χ3n) is 3.84. The number of piperazine rings is 1. The number of halogens is 1. The quantitative estimate of drug-likeness (QED) is 0.670. The topological polar surface area (TPSA) is 58.4 Å². The molecule has 0 amide bonds. The Kier molecular flexibility index (Phi) is 5.25. The summed E-state index contributed by atoms with van der Waals surface area (Å²) in [5.41, 5.74) is 0.398. The van der Waals surface area contributed by atoms with Crippen LogP contribution in [-0.4, -0.2) is 36.0 Å². The number of rotatable bonds is 5. The highest BCUT2D eigenvalue weighted by atomic mass is 19.1. The van der Waals surface area contributed by atoms with Crippen molar-refractivity contribution in [1.29, 1.82) is 0 Å². The molecular weight excluding hydrogens is 273 g/mol. The van der Waals surface area contributed by atoms with Gasteiger partial charge in [-0.25, -0.2) is 0 Å². The van der Waals surface area contributed by atoms with Crippen LogP contribution in [0, 0.1) is 21.8 Å². The molecule has 0 radical (unpaired) electrons. The number of nitrogens with zero attached hydrogens (tertiary/aromatic N) is 2. The molecule has 0 unspecified atom stereocenters. The van der Waals surface area contributed by atoms with E-state index in [2.05, 4.69) is 24.1 Å². The normalized spacial score (nSPS) is 17.9. The molecule has 5 nitrogen and oxygen atoms in total. The predicted molar refractivity (Wildman–Crippen MR) is 79.7 cm³/mol. The maximum Gasteiger partial charge on any atom is 0.305 e. The number of nitro benzene ring substituents is 1. The molecule has 1 atom stereocenters. The van der Waals surface area contributed by atoms with Crippen LogP contribution in [0.2, 0.25) is 0 Å². The Morgan fingerprint density at radius 3 is 2.62 bits per heavy atom. The minimum absolute atomic E-state index is 0.103. The molecule has 0 bridgehead atoms. The van der Waals surface area contributed by atoms with Gasteiger partial charge < -0.3 is 5.32 Å². The summed E-state index contributed by atoms with van der Waals surface area (Å²) in [6.45, 7) is 7.90. The molecule has 0 aromatic heterocycles. The molecule has 6 heteroatoms. The van der Waals surface area contributed by atoms with Gasteiger partial charge in [0, 0.05) is 38.3 Å². The summed E-state index contributed by atoms with van der Waals surface area (Å²) in [4.78, 5) is 12.6. The van der Waals surface area contributed by atoms with Gasteiger partial charge in [0.25, 0.3) is 0 Å². The largest absolute Gasteiger partial charge is 0.314 e. The first-order valence-corrected chi connectivity index (χ1v) is 7.37. The van der Waals surface area contributed by atoms with Crippen molar-refractivity contribution in [3.63, 3.8) is 0 Å². The second kappa shape index (κ2) is 6.95. The van der Waals surface area contributed by atoms with Crippen LogP contribution < -0.4 is 5.32 Å². The number of hydrogen-bond donors (Lipinski definition) is 1. The number of hydrogen-bond acceptors (Lipinski definition) is 4. The molecule has 2 rings (SSSR count). The van der Waals surface area contributed by atoms with Crippen molar-refractivity contribution in [3.05, 3.63) is 39.7 Å². The van der Waals surface area contributed by atoms with E-state index >= 15 is 0 Å². The summed E-state index contributed by atoms with van der Waals surface area (Å²) >= 11 is 0. The fraction of sp³-hybridized carbons (Fsp3) is 0.600. The van der Waals surface area contributed by atoms with Crippen LogP contribution in [0.3, 0.4) is 0 Å². The molecule has 116 valence electrons. The third kappa shape index (κ3) is 3.98. The molecule has 1 N–H and O–H groups in total. The first kappa shape index (κ1) is 15.9. The van der Waals surface area contributed by atoms with Crippen molar-refractivity contribution < 1.29 is 9.31 Å². The van der Waals surface area contributed by atoms with Crippen LogP contribution in [0.1, 0.15) is 31.9 Å². The molecule has 1 heterocycles. The Bertz CT molecular complexity index is 502. The zero-order valence-corrected chi connectivity index (χ0v) is 12.5. The Balaban J connectivity index is 2.31. The van der Waals surface area contributed by atoms with E-state index in [0.29, 0.717) is 5.92 Å². The van der Waals surface area contributed by atoms with Gasteiger partial charge in [0.1, 0.15) is 0 Å². The lowest BCUT2D eigenvalue weighted by atomic mass is 9.94. The average molecular weight is 295 g/mol. The van der Waals surface area contributed by atoms with E-state index in [9.17, 15) is 14.5 Å². The Labute approximate surface area is 124 Å². The second-order valence-electron chi connectivity index (χ2n) is 5.90. The lowest BCUT2D eigenvalue weighted by Crippen LogP contribution is -2.45. The zero-order valence-electron chi connectivity index (χ0n) is 12.5. The number of nitrogens with one attached hydrogen (secondary N) is 1. The van der Waals surface area contributed by atoms with Gasteiger partial charge in [-0.1, -0.05) is 19.9 Å². The number of benzene rings is 1. The monoisotopic (exact) mass is 295 g/mol. The van der Waals surface area contributed by atoms with E-state index in [0.717, 1.165) is 38.2 Å². The van der Waals surface area contributed by atoms with Crippen LogP contribution in [-0.2, 0) is 0 Å². The van der Waals surface area contributed by atoms with E-state index in [1.54, 1.807) is 6.07 Å². The molecule has 0 spiro atoms. The van der Waals surface area contributed by atoms with Gasteiger partial charge >= 0.3 is 5.69 Å². The lowest BCUT2D eigenvalue weighted by molar-refractivity contribution is -0.387.